The zero-order valence-electron chi connectivity index (χ0n) is 10.9. The molecule has 0 saturated carbocycles. The predicted molar refractivity (Wildman–Crippen MR) is 74.2 cm³/mol. The molecular formula is C13H20N4O. The fraction of sp³-hybridized carbons (Fsp3) is 0.385. The molecular weight excluding hydrogens is 228 g/mol. The molecule has 0 unspecified atom stereocenters. The third kappa shape index (κ3) is 3.76. The molecule has 2 amide bonds. The summed E-state index contributed by atoms with van der Waals surface area (Å²) in [5.74, 6) is -0.00311. The molecule has 5 heteroatoms. The molecule has 1 aromatic rings. The Bertz CT molecular complexity index is 431. The minimum atomic E-state index is -0.149. The van der Waals surface area contributed by atoms with E-state index in [1.165, 1.54) is 4.90 Å². The number of benzene rings is 1. The van der Waals surface area contributed by atoms with Crippen LogP contribution in [-0.4, -0.2) is 25.5 Å². The lowest BCUT2D eigenvalue weighted by atomic mass is 10.2. The minimum Gasteiger partial charge on any atom is -0.384 e. The maximum absolute atomic E-state index is 11.8. The fourth-order valence-corrected chi connectivity index (χ4v) is 1.49. The molecule has 4 N–H and O–H groups in total. The van der Waals surface area contributed by atoms with Crippen molar-refractivity contribution in [3.05, 3.63) is 29.8 Å². The van der Waals surface area contributed by atoms with Gasteiger partial charge in [0.1, 0.15) is 5.84 Å². The second-order valence-electron chi connectivity index (χ2n) is 4.11. The summed E-state index contributed by atoms with van der Waals surface area (Å²) in [5.41, 5.74) is 6.75. The monoisotopic (exact) mass is 248 g/mol. The first-order valence-corrected chi connectivity index (χ1v) is 6.02. The molecule has 5 nitrogen and oxygen atoms in total. The third-order valence-corrected chi connectivity index (χ3v) is 2.66. The molecule has 18 heavy (non-hydrogen) atoms. The number of nitrogens with two attached hydrogens (primary N) is 1. The van der Waals surface area contributed by atoms with Crippen LogP contribution in [0.3, 0.4) is 0 Å². The van der Waals surface area contributed by atoms with Gasteiger partial charge in [0, 0.05) is 24.8 Å². The van der Waals surface area contributed by atoms with Crippen LogP contribution in [0.1, 0.15) is 25.3 Å². The zero-order valence-corrected chi connectivity index (χ0v) is 10.9. The normalized spacial score (nSPS) is 9.89. The quantitative estimate of drug-likeness (QED) is 0.422. The van der Waals surface area contributed by atoms with E-state index in [1.54, 1.807) is 25.2 Å². The number of nitrogen functional groups attached to an aromatic ring is 1. The maximum atomic E-state index is 11.8. The second-order valence-corrected chi connectivity index (χ2v) is 4.11. The summed E-state index contributed by atoms with van der Waals surface area (Å²) in [4.78, 5) is 13.3. The molecule has 0 fully saturated rings. The highest BCUT2D eigenvalue weighted by Crippen LogP contribution is 2.14. The van der Waals surface area contributed by atoms with Crippen LogP contribution in [0.25, 0.3) is 0 Å². The lowest BCUT2D eigenvalue weighted by Crippen LogP contribution is -2.37. The van der Waals surface area contributed by atoms with Gasteiger partial charge in [-0.15, -0.1) is 0 Å². The van der Waals surface area contributed by atoms with Crippen molar-refractivity contribution in [3.63, 3.8) is 0 Å². The summed E-state index contributed by atoms with van der Waals surface area (Å²) in [5, 5.41) is 10.2. The number of nitrogens with one attached hydrogen (secondary N) is 2. The molecule has 0 atom stereocenters. The third-order valence-electron chi connectivity index (χ3n) is 2.66. The first kappa shape index (κ1) is 14.0. The summed E-state index contributed by atoms with van der Waals surface area (Å²) >= 11 is 0. The first-order chi connectivity index (χ1) is 8.56. The number of urea groups is 1. The molecule has 0 aliphatic heterocycles. The van der Waals surface area contributed by atoms with Gasteiger partial charge in [-0.2, -0.15) is 0 Å². The topological polar surface area (TPSA) is 82.2 Å². The summed E-state index contributed by atoms with van der Waals surface area (Å²) < 4.78 is 0. The minimum absolute atomic E-state index is 0.00311. The van der Waals surface area contributed by atoms with Crippen LogP contribution in [0.15, 0.2) is 24.3 Å². The van der Waals surface area contributed by atoms with Crippen molar-refractivity contribution >= 4 is 17.6 Å². The van der Waals surface area contributed by atoms with Crippen molar-refractivity contribution in [2.24, 2.45) is 5.73 Å². The summed E-state index contributed by atoms with van der Waals surface area (Å²) in [6.07, 6.45) is 2.01. The highest BCUT2D eigenvalue weighted by molar-refractivity contribution is 5.97. The molecule has 0 saturated heterocycles. The van der Waals surface area contributed by atoms with E-state index in [2.05, 4.69) is 12.2 Å². The molecule has 0 aliphatic carbocycles. The highest BCUT2D eigenvalue weighted by Gasteiger charge is 2.10. The van der Waals surface area contributed by atoms with Crippen molar-refractivity contribution in [1.82, 2.24) is 5.32 Å². The van der Waals surface area contributed by atoms with E-state index in [-0.39, 0.29) is 11.9 Å². The van der Waals surface area contributed by atoms with E-state index in [0.29, 0.717) is 12.1 Å². The zero-order chi connectivity index (χ0) is 13.5. The molecule has 0 heterocycles. The molecule has 1 aromatic carbocycles. The van der Waals surface area contributed by atoms with Crippen molar-refractivity contribution in [2.75, 3.05) is 18.5 Å². The lowest BCUT2D eigenvalue weighted by Gasteiger charge is -2.18. The van der Waals surface area contributed by atoms with E-state index in [1.807, 2.05) is 6.07 Å². The van der Waals surface area contributed by atoms with Crippen LogP contribution in [-0.2, 0) is 0 Å². The van der Waals surface area contributed by atoms with E-state index in [9.17, 15) is 4.79 Å². The van der Waals surface area contributed by atoms with E-state index in [0.717, 1.165) is 18.5 Å². The number of rotatable bonds is 5. The highest BCUT2D eigenvalue weighted by atomic mass is 16.2. The van der Waals surface area contributed by atoms with Gasteiger partial charge in [-0.05, 0) is 18.6 Å². The molecule has 0 spiro atoms. The van der Waals surface area contributed by atoms with Gasteiger partial charge in [-0.3, -0.25) is 10.3 Å². The number of hydrogen-bond acceptors (Lipinski definition) is 2. The molecule has 0 radical (unpaired) electrons. The molecule has 0 aliphatic rings. The predicted octanol–water partition coefficient (Wildman–Crippen LogP) is 1.92. The summed E-state index contributed by atoms with van der Waals surface area (Å²) in [6, 6.07) is 6.91. The first-order valence-electron chi connectivity index (χ1n) is 6.02. The standard InChI is InChI=1S/C13H20N4O/c1-3-4-8-16-13(18)17(2)11-7-5-6-10(9-11)12(14)15/h5-7,9H,3-4,8H2,1-2H3,(H3,14,15)(H,16,18). The number of unbranched alkanes of at least 4 members (excludes halogenated alkanes) is 1. The largest absolute Gasteiger partial charge is 0.384 e. The van der Waals surface area contributed by atoms with E-state index >= 15 is 0 Å². The van der Waals surface area contributed by atoms with Crippen molar-refractivity contribution < 1.29 is 4.79 Å². The Kier molecular flexibility index (Phi) is 5.17. The molecule has 0 aromatic heterocycles. The number of nitrogens with zero attached hydrogens (tertiary/aromatic N) is 1. The fourth-order valence-electron chi connectivity index (χ4n) is 1.49. The van der Waals surface area contributed by atoms with Crippen molar-refractivity contribution in [1.29, 1.82) is 5.41 Å². The van der Waals surface area contributed by atoms with Crippen molar-refractivity contribution in [3.8, 4) is 0 Å². The van der Waals surface area contributed by atoms with E-state index in [4.69, 9.17) is 11.1 Å². The molecule has 1 rings (SSSR count). The maximum Gasteiger partial charge on any atom is 0.321 e. The van der Waals surface area contributed by atoms with Crippen LogP contribution in [0, 0.1) is 5.41 Å². The average molecular weight is 248 g/mol. The van der Waals surface area contributed by atoms with Crippen LogP contribution in [0.5, 0.6) is 0 Å². The Morgan fingerprint density at radius 3 is 2.83 bits per heavy atom. The summed E-state index contributed by atoms with van der Waals surface area (Å²) in [6.45, 7) is 2.75. The van der Waals surface area contributed by atoms with E-state index < -0.39 is 0 Å². The van der Waals surface area contributed by atoms with Gasteiger partial charge in [0.25, 0.3) is 0 Å². The Hall–Kier alpha value is -2.04. The Morgan fingerprint density at radius 2 is 2.22 bits per heavy atom. The Morgan fingerprint density at radius 1 is 1.50 bits per heavy atom. The van der Waals surface area contributed by atoms with Gasteiger partial charge in [-0.1, -0.05) is 25.5 Å². The number of carbonyl (C=O) groups excluding carboxylic acids is 1. The van der Waals surface area contributed by atoms with Gasteiger partial charge in [-0.25, -0.2) is 4.79 Å². The van der Waals surface area contributed by atoms with Crippen LogP contribution in [0.4, 0.5) is 10.5 Å². The number of anilines is 1. The van der Waals surface area contributed by atoms with Gasteiger partial charge in [0.2, 0.25) is 0 Å². The molecule has 0 bridgehead atoms. The number of amidine groups is 1. The van der Waals surface area contributed by atoms with Gasteiger partial charge >= 0.3 is 6.03 Å². The lowest BCUT2D eigenvalue weighted by molar-refractivity contribution is 0.247. The van der Waals surface area contributed by atoms with Crippen molar-refractivity contribution in [2.45, 2.75) is 19.8 Å². The van der Waals surface area contributed by atoms with Gasteiger partial charge < -0.3 is 11.1 Å². The Balaban J connectivity index is 2.71. The van der Waals surface area contributed by atoms with Crippen LogP contribution >= 0.6 is 0 Å². The second kappa shape index (κ2) is 6.64. The van der Waals surface area contributed by atoms with Gasteiger partial charge in [0.05, 0.1) is 0 Å². The average Bonchev–Trinajstić information content (AvgIpc) is 2.38. The van der Waals surface area contributed by atoms with Gasteiger partial charge in [0.15, 0.2) is 0 Å². The van der Waals surface area contributed by atoms with Crippen LogP contribution in [0.2, 0.25) is 0 Å². The molecule has 98 valence electrons. The summed E-state index contributed by atoms with van der Waals surface area (Å²) in [7, 11) is 1.69. The number of amides is 2. The smallest absolute Gasteiger partial charge is 0.321 e. The number of hydrogen-bond donors (Lipinski definition) is 3. The Labute approximate surface area is 107 Å². The number of carbonyl (C=O) groups is 1. The van der Waals surface area contributed by atoms with Crippen LogP contribution < -0.4 is 16.0 Å². The SMILES string of the molecule is CCCCNC(=O)N(C)c1cccc(C(=N)N)c1.